The number of rotatable bonds is 8. The minimum atomic E-state index is -0.473. The molecule has 3 N–H and O–H groups in total. The smallest absolute Gasteiger partial charge is 0.339 e. The van der Waals surface area contributed by atoms with Crippen LogP contribution in [0.25, 0.3) is 0 Å². The van der Waals surface area contributed by atoms with Gasteiger partial charge in [0.05, 0.1) is 17.6 Å². The van der Waals surface area contributed by atoms with E-state index >= 15 is 0 Å². The lowest BCUT2D eigenvalue weighted by Crippen LogP contribution is -2.29. The van der Waals surface area contributed by atoms with Gasteiger partial charge in [-0.15, -0.1) is 0 Å². The van der Waals surface area contributed by atoms with Crippen LogP contribution in [0.4, 0.5) is 11.4 Å². The number of carbonyl (C=O) groups excluding carboxylic acids is 2. The van der Waals surface area contributed by atoms with Crippen molar-refractivity contribution in [2.75, 3.05) is 25.5 Å². The number of ether oxygens (including phenoxy) is 1. The van der Waals surface area contributed by atoms with Gasteiger partial charge in [0.15, 0.2) is 0 Å². The number of hydrogen-bond donors (Lipinski definition) is 3. The van der Waals surface area contributed by atoms with Gasteiger partial charge >= 0.3 is 5.97 Å². The standard InChI is InChI=1S/C18H22N4O5/c1-4-14-15(18(24)27-3)11(2)16(21-14)17(23)20-10-9-19-12-5-7-13(8-6-12)22(25)26/h5-8,19,21H,4,9-10H2,1-3H3,(H,20,23). The Kier molecular flexibility index (Phi) is 6.53. The summed E-state index contributed by atoms with van der Waals surface area (Å²) in [5, 5.41) is 16.5. The molecule has 0 radical (unpaired) electrons. The van der Waals surface area contributed by atoms with Crippen LogP contribution in [0, 0.1) is 17.0 Å². The zero-order valence-corrected chi connectivity index (χ0v) is 15.4. The Morgan fingerprint density at radius 2 is 1.89 bits per heavy atom. The van der Waals surface area contributed by atoms with E-state index in [1.807, 2.05) is 6.92 Å². The first kappa shape index (κ1) is 20.0. The fraction of sp³-hybridized carbons (Fsp3) is 0.333. The Morgan fingerprint density at radius 3 is 2.44 bits per heavy atom. The van der Waals surface area contributed by atoms with Gasteiger partial charge in [0.25, 0.3) is 11.6 Å². The molecule has 144 valence electrons. The second-order valence-corrected chi connectivity index (χ2v) is 5.81. The number of carbonyl (C=O) groups is 2. The van der Waals surface area contributed by atoms with Crippen LogP contribution in [0.3, 0.4) is 0 Å². The van der Waals surface area contributed by atoms with Gasteiger partial charge in [-0.1, -0.05) is 6.92 Å². The zero-order valence-electron chi connectivity index (χ0n) is 15.4. The summed E-state index contributed by atoms with van der Waals surface area (Å²) in [6.07, 6.45) is 0.570. The maximum Gasteiger partial charge on any atom is 0.339 e. The van der Waals surface area contributed by atoms with Crippen molar-refractivity contribution in [2.45, 2.75) is 20.3 Å². The number of methoxy groups -OCH3 is 1. The molecule has 0 spiro atoms. The lowest BCUT2D eigenvalue weighted by atomic mass is 10.1. The van der Waals surface area contributed by atoms with Gasteiger partial charge in [-0.3, -0.25) is 14.9 Å². The largest absolute Gasteiger partial charge is 0.465 e. The van der Waals surface area contributed by atoms with E-state index in [9.17, 15) is 19.7 Å². The molecule has 0 fully saturated rings. The molecule has 1 aromatic heterocycles. The Labute approximate surface area is 156 Å². The molecule has 1 aromatic carbocycles. The fourth-order valence-corrected chi connectivity index (χ4v) is 2.70. The van der Waals surface area contributed by atoms with Crippen molar-refractivity contribution in [1.29, 1.82) is 0 Å². The van der Waals surface area contributed by atoms with Crippen LogP contribution in [0.5, 0.6) is 0 Å². The number of aromatic nitrogens is 1. The minimum Gasteiger partial charge on any atom is -0.465 e. The molecule has 0 atom stereocenters. The number of nitro groups is 1. The van der Waals surface area contributed by atoms with Crippen LogP contribution in [-0.4, -0.2) is 42.0 Å². The molecule has 0 bridgehead atoms. The van der Waals surface area contributed by atoms with Crippen LogP contribution in [0.1, 0.15) is 39.0 Å². The molecule has 2 aromatic rings. The quantitative estimate of drug-likeness (QED) is 0.282. The van der Waals surface area contributed by atoms with E-state index in [4.69, 9.17) is 4.74 Å². The predicted octanol–water partition coefficient (Wildman–Crippen LogP) is 2.42. The molecule has 0 unspecified atom stereocenters. The van der Waals surface area contributed by atoms with Crippen LogP contribution >= 0.6 is 0 Å². The van der Waals surface area contributed by atoms with Gasteiger partial charge in [-0.2, -0.15) is 0 Å². The first-order valence-corrected chi connectivity index (χ1v) is 8.45. The number of nitro benzene ring substituents is 1. The summed E-state index contributed by atoms with van der Waals surface area (Å²) >= 11 is 0. The minimum absolute atomic E-state index is 0.0178. The van der Waals surface area contributed by atoms with Gasteiger partial charge in [-0.05, 0) is 31.0 Å². The summed E-state index contributed by atoms with van der Waals surface area (Å²) in [7, 11) is 1.30. The number of nitrogens with one attached hydrogen (secondary N) is 3. The molecule has 1 heterocycles. The van der Waals surface area contributed by atoms with Crippen LogP contribution < -0.4 is 10.6 Å². The zero-order chi connectivity index (χ0) is 20.0. The maximum absolute atomic E-state index is 12.4. The number of esters is 1. The van der Waals surface area contributed by atoms with Crippen molar-refractivity contribution < 1.29 is 19.2 Å². The molecule has 0 saturated carbocycles. The number of amides is 1. The number of hydrogen-bond acceptors (Lipinski definition) is 6. The molecular formula is C18H22N4O5. The summed E-state index contributed by atoms with van der Waals surface area (Å²) in [5.41, 5.74) is 2.68. The van der Waals surface area contributed by atoms with E-state index in [1.54, 1.807) is 19.1 Å². The van der Waals surface area contributed by atoms with E-state index < -0.39 is 10.9 Å². The summed E-state index contributed by atoms with van der Waals surface area (Å²) in [4.78, 5) is 37.5. The molecule has 0 aliphatic heterocycles. The van der Waals surface area contributed by atoms with E-state index in [0.29, 0.717) is 47.7 Å². The molecule has 27 heavy (non-hydrogen) atoms. The highest BCUT2D eigenvalue weighted by atomic mass is 16.6. The predicted molar refractivity (Wildman–Crippen MR) is 100 cm³/mol. The second-order valence-electron chi connectivity index (χ2n) is 5.81. The summed E-state index contributed by atoms with van der Waals surface area (Å²) in [5.74, 6) is -0.789. The van der Waals surface area contributed by atoms with Crippen LogP contribution in [0.2, 0.25) is 0 Å². The number of anilines is 1. The highest BCUT2D eigenvalue weighted by molar-refractivity contribution is 6.00. The molecule has 2 rings (SSSR count). The third-order valence-corrected chi connectivity index (χ3v) is 4.12. The van der Waals surface area contributed by atoms with Gasteiger partial charge in [0.1, 0.15) is 5.69 Å². The van der Waals surface area contributed by atoms with Crippen LogP contribution in [-0.2, 0) is 11.2 Å². The first-order valence-electron chi connectivity index (χ1n) is 8.45. The van der Waals surface area contributed by atoms with E-state index in [-0.39, 0.29) is 11.6 Å². The molecule has 0 saturated heterocycles. The van der Waals surface area contributed by atoms with Crippen molar-refractivity contribution in [3.8, 4) is 0 Å². The van der Waals surface area contributed by atoms with E-state index in [0.717, 1.165) is 0 Å². The van der Waals surface area contributed by atoms with Gasteiger partial charge in [0.2, 0.25) is 0 Å². The van der Waals surface area contributed by atoms with Crippen LogP contribution in [0.15, 0.2) is 24.3 Å². The van der Waals surface area contributed by atoms with E-state index in [2.05, 4.69) is 15.6 Å². The third kappa shape index (κ3) is 4.63. The maximum atomic E-state index is 12.4. The number of non-ortho nitro benzene ring substituents is 1. The summed E-state index contributed by atoms with van der Waals surface area (Å²) in [6.45, 7) is 4.36. The number of nitrogens with zero attached hydrogens (tertiary/aromatic N) is 1. The van der Waals surface area contributed by atoms with Gasteiger partial charge in [0, 0.05) is 36.6 Å². The number of aromatic amines is 1. The lowest BCUT2D eigenvalue weighted by Gasteiger charge is -2.08. The van der Waals surface area contributed by atoms with Gasteiger partial charge in [-0.25, -0.2) is 4.79 Å². The molecule has 0 aliphatic carbocycles. The van der Waals surface area contributed by atoms with Crippen molar-refractivity contribution in [3.63, 3.8) is 0 Å². The van der Waals surface area contributed by atoms with E-state index in [1.165, 1.54) is 19.2 Å². The fourth-order valence-electron chi connectivity index (χ4n) is 2.70. The molecule has 1 amide bonds. The van der Waals surface area contributed by atoms with Crippen molar-refractivity contribution in [3.05, 3.63) is 56.9 Å². The van der Waals surface area contributed by atoms with Crippen molar-refractivity contribution in [2.24, 2.45) is 0 Å². The SMILES string of the molecule is CCc1[nH]c(C(=O)NCCNc2ccc([N+](=O)[O-])cc2)c(C)c1C(=O)OC. The first-order chi connectivity index (χ1) is 12.9. The molecule has 9 nitrogen and oxygen atoms in total. The monoisotopic (exact) mass is 374 g/mol. The average Bonchev–Trinajstić information content (AvgIpc) is 3.01. The highest BCUT2D eigenvalue weighted by Gasteiger charge is 2.23. The van der Waals surface area contributed by atoms with Crippen molar-refractivity contribution >= 4 is 23.3 Å². The molecule has 0 aliphatic rings. The second kappa shape index (κ2) is 8.84. The highest BCUT2D eigenvalue weighted by Crippen LogP contribution is 2.20. The normalized spacial score (nSPS) is 10.3. The lowest BCUT2D eigenvalue weighted by molar-refractivity contribution is -0.384. The van der Waals surface area contributed by atoms with Gasteiger partial charge < -0.3 is 20.4 Å². The Balaban J connectivity index is 1.93. The Hall–Kier alpha value is -3.36. The third-order valence-electron chi connectivity index (χ3n) is 4.12. The molecular weight excluding hydrogens is 352 g/mol. The topological polar surface area (TPSA) is 126 Å². The Morgan fingerprint density at radius 1 is 1.22 bits per heavy atom. The number of H-pyrrole nitrogens is 1. The summed E-state index contributed by atoms with van der Waals surface area (Å²) in [6, 6.07) is 6.02. The summed E-state index contributed by atoms with van der Waals surface area (Å²) < 4.78 is 4.78. The Bertz CT molecular complexity index is 842. The molecule has 9 heteroatoms. The number of benzene rings is 1. The van der Waals surface area contributed by atoms with Crippen molar-refractivity contribution in [1.82, 2.24) is 10.3 Å². The number of aryl methyl sites for hydroxylation is 1. The average molecular weight is 374 g/mol.